The highest BCUT2D eigenvalue weighted by Gasteiger charge is 2.26. The number of aryl methyl sites for hydroxylation is 1. The smallest absolute Gasteiger partial charge is 0.274 e. The fraction of sp³-hybridized carbons (Fsp3) is 0.263. The summed E-state index contributed by atoms with van der Waals surface area (Å²) in [6.45, 7) is 1.64. The third kappa shape index (κ3) is 3.88. The molecule has 1 atom stereocenters. The molecule has 1 aliphatic heterocycles. The second kappa shape index (κ2) is 7.35. The van der Waals surface area contributed by atoms with Gasteiger partial charge in [-0.3, -0.25) is 19.7 Å². The fourth-order valence-corrected chi connectivity index (χ4v) is 3.06. The van der Waals surface area contributed by atoms with Crippen LogP contribution in [0.1, 0.15) is 24.0 Å². The minimum Gasteiger partial charge on any atom is -0.326 e. The van der Waals surface area contributed by atoms with E-state index in [-0.39, 0.29) is 29.8 Å². The number of nitro groups is 1. The van der Waals surface area contributed by atoms with Gasteiger partial charge in [-0.25, -0.2) is 0 Å². The molecule has 0 aromatic heterocycles. The maximum Gasteiger partial charge on any atom is 0.274 e. The number of benzene rings is 2. The molecule has 7 nitrogen and oxygen atoms in total. The van der Waals surface area contributed by atoms with Gasteiger partial charge in [-0.1, -0.05) is 24.3 Å². The van der Waals surface area contributed by atoms with Gasteiger partial charge in [0.05, 0.1) is 4.92 Å². The molecule has 0 saturated carbocycles. The van der Waals surface area contributed by atoms with Crippen molar-refractivity contribution >= 4 is 28.9 Å². The first kappa shape index (κ1) is 17.6. The van der Waals surface area contributed by atoms with E-state index in [0.717, 1.165) is 11.3 Å². The Kier molecular flexibility index (Phi) is 4.97. The SMILES string of the molecule is Cc1ccc(NC(=O)CCC2Cc3ccccc3NC2=O)cc1[N+](=O)[O-]. The van der Waals surface area contributed by atoms with Crippen LogP contribution in [-0.2, 0) is 16.0 Å². The molecule has 0 aliphatic carbocycles. The summed E-state index contributed by atoms with van der Waals surface area (Å²) in [4.78, 5) is 34.8. The zero-order valence-electron chi connectivity index (χ0n) is 14.3. The van der Waals surface area contributed by atoms with E-state index in [0.29, 0.717) is 24.1 Å². The summed E-state index contributed by atoms with van der Waals surface area (Å²) in [7, 11) is 0. The average Bonchev–Trinajstić information content (AvgIpc) is 2.61. The number of amides is 2. The van der Waals surface area contributed by atoms with Gasteiger partial charge >= 0.3 is 0 Å². The average molecular weight is 353 g/mol. The second-order valence-electron chi connectivity index (χ2n) is 6.39. The number of nitrogens with one attached hydrogen (secondary N) is 2. The van der Waals surface area contributed by atoms with E-state index in [1.807, 2.05) is 24.3 Å². The molecule has 2 amide bonds. The third-order valence-electron chi connectivity index (χ3n) is 4.52. The van der Waals surface area contributed by atoms with Gasteiger partial charge in [0, 0.05) is 35.3 Å². The van der Waals surface area contributed by atoms with Crippen LogP contribution in [0.4, 0.5) is 17.1 Å². The molecular formula is C19H19N3O4. The van der Waals surface area contributed by atoms with Crippen LogP contribution in [0.3, 0.4) is 0 Å². The van der Waals surface area contributed by atoms with Crippen LogP contribution in [0.15, 0.2) is 42.5 Å². The molecule has 1 aliphatic rings. The lowest BCUT2D eigenvalue weighted by molar-refractivity contribution is -0.385. The summed E-state index contributed by atoms with van der Waals surface area (Å²) in [6, 6.07) is 12.2. The van der Waals surface area contributed by atoms with Crippen molar-refractivity contribution in [2.24, 2.45) is 5.92 Å². The van der Waals surface area contributed by atoms with E-state index in [1.54, 1.807) is 19.1 Å². The van der Waals surface area contributed by atoms with Crippen molar-refractivity contribution in [2.45, 2.75) is 26.2 Å². The van der Waals surface area contributed by atoms with Gasteiger partial charge in [0.2, 0.25) is 11.8 Å². The van der Waals surface area contributed by atoms with E-state index in [4.69, 9.17) is 0 Å². The molecule has 7 heteroatoms. The first-order valence-corrected chi connectivity index (χ1v) is 8.37. The molecule has 2 aromatic carbocycles. The van der Waals surface area contributed by atoms with Crippen molar-refractivity contribution < 1.29 is 14.5 Å². The lowest BCUT2D eigenvalue weighted by Crippen LogP contribution is -2.30. The van der Waals surface area contributed by atoms with Gasteiger partial charge in [0.25, 0.3) is 5.69 Å². The van der Waals surface area contributed by atoms with Crippen molar-refractivity contribution in [2.75, 3.05) is 10.6 Å². The predicted octanol–water partition coefficient (Wildman–Crippen LogP) is 3.43. The predicted molar refractivity (Wildman–Crippen MR) is 98.0 cm³/mol. The molecule has 0 saturated heterocycles. The number of fused-ring (bicyclic) bond motifs is 1. The molecule has 1 heterocycles. The Hall–Kier alpha value is -3.22. The zero-order valence-corrected chi connectivity index (χ0v) is 14.3. The summed E-state index contributed by atoms with van der Waals surface area (Å²) in [5.74, 6) is -0.611. The molecule has 2 N–H and O–H groups in total. The van der Waals surface area contributed by atoms with E-state index < -0.39 is 4.92 Å². The maximum absolute atomic E-state index is 12.2. The largest absolute Gasteiger partial charge is 0.326 e. The molecule has 0 radical (unpaired) electrons. The minimum atomic E-state index is -0.477. The molecule has 1 unspecified atom stereocenters. The fourth-order valence-electron chi connectivity index (χ4n) is 3.06. The Morgan fingerprint density at radius 2 is 2.08 bits per heavy atom. The topological polar surface area (TPSA) is 101 Å². The quantitative estimate of drug-likeness (QED) is 0.635. The number of carbonyl (C=O) groups excluding carboxylic acids is 2. The Labute approximate surface area is 150 Å². The third-order valence-corrected chi connectivity index (χ3v) is 4.52. The van der Waals surface area contributed by atoms with E-state index in [2.05, 4.69) is 10.6 Å². The van der Waals surface area contributed by atoms with Gasteiger partial charge < -0.3 is 10.6 Å². The van der Waals surface area contributed by atoms with Crippen LogP contribution in [0.5, 0.6) is 0 Å². The number of nitrogens with zero attached hydrogens (tertiary/aromatic N) is 1. The lowest BCUT2D eigenvalue weighted by atomic mass is 9.89. The summed E-state index contributed by atoms with van der Waals surface area (Å²) in [5.41, 5.74) is 2.76. The molecule has 3 rings (SSSR count). The van der Waals surface area contributed by atoms with Gasteiger partial charge in [-0.15, -0.1) is 0 Å². The zero-order chi connectivity index (χ0) is 18.7. The number of rotatable bonds is 5. The molecular weight excluding hydrogens is 334 g/mol. The molecule has 2 aromatic rings. The molecule has 0 fully saturated rings. The van der Waals surface area contributed by atoms with Crippen LogP contribution in [-0.4, -0.2) is 16.7 Å². The van der Waals surface area contributed by atoms with Gasteiger partial charge in [0.15, 0.2) is 0 Å². The lowest BCUT2D eigenvalue weighted by Gasteiger charge is -2.24. The van der Waals surface area contributed by atoms with Gasteiger partial charge in [0.1, 0.15) is 0 Å². The van der Waals surface area contributed by atoms with Gasteiger partial charge in [-0.05, 0) is 37.5 Å². The van der Waals surface area contributed by atoms with Crippen molar-refractivity contribution in [3.05, 3.63) is 63.7 Å². The van der Waals surface area contributed by atoms with Gasteiger partial charge in [-0.2, -0.15) is 0 Å². The molecule has 0 spiro atoms. The summed E-state index contributed by atoms with van der Waals surface area (Å²) in [6.07, 6.45) is 1.19. The standard InChI is InChI=1S/C19H19N3O4/c1-12-6-8-15(11-17(12)22(25)26)20-18(23)9-7-14-10-13-4-2-3-5-16(13)21-19(14)24/h2-6,8,11,14H,7,9-10H2,1H3,(H,20,23)(H,21,24). The van der Waals surface area contributed by atoms with Crippen molar-refractivity contribution in [1.82, 2.24) is 0 Å². The normalized spacial score (nSPS) is 15.7. The number of hydrogen-bond acceptors (Lipinski definition) is 4. The highest BCUT2D eigenvalue weighted by molar-refractivity contribution is 5.96. The molecule has 0 bridgehead atoms. The second-order valence-corrected chi connectivity index (χ2v) is 6.39. The first-order valence-electron chi connectivity index (χ1n) is 8.37. The van der Waals surface area contributed by atoms with E-state index in [9.17, 15) is 19.7 Å². The number of nitro benzene ring substituents is 1. The Morgan fingerprint density at radius 3 is 2.85 bits per heavy atom. The highest BCUT2D eigenvalue weighted by Crippen LogP contribution is 2.28. The summed E-state index contributed by atoms with van der Waals surface area (Å²) >= 11 is 0. The van der Waals surface area contributed by atoms with Crippen LogP contribution >= 0.6 is 0 Å². The summed E-state index contributed by atoms with van der Waals surface area (Å²) < 4.78 is 0. The van der Waals surface area contributed by atoms with Crippen molar-refractivity contribution in [3.63, 3.8) is 0 Å². The maximum atomic E-state index is 12.2. The van der Waals surface area contributed by atoms with Crippen molar-refractivity contribution in [3.8, 4) is 0 Å². The van der Waals surface area contributed by atoms with E-state index in [1.165, 1.54) is 6.07 Å². The number of para-hydroxylation sites is 1. The number of hydrogen-bond donors (Lipinski definition) is 2. The van der Waals surface area contributed by atoms with E-state index >= 15 is 0 Å². The highest BCUT2D eigenvalue weighted by atomic mass is 16.6. The number of carbonyl (C=O) groups is 2. The molecule has 26 heavy (non-hydrogen) atoms. The Balaban J connectivity index is 1.59. The van der Waals surface area contributed by atoms with Crippen LogP contribution in [0.2, 0.25) is 0 Å². The molecule has 134 valence electrons. The minimum absolute atomic E-state index is 0.0361. The Morgan fingerprint density at radius 1 is 1.31 bits per heavy atom. The number of anilines is 2. The van der Waals surface area contributed by atoms with Crippen molar-refractivity contribution in [1.29, 1.82) is 0 Å². The van der Waals surface area contributed by atoms with Crippen LogP contribution in [0.25, 0.3) is 0 Å². The van der Waals surface area contributed by atoms with Crippen LogP contribution in [0, 0.1) is 23.0 Å². The Bertz CT molecular complexity index is 879. The first-order chi connectivity index (χ1) is 12.4. The summed E-state index contributed by atoms with van der Waals surface area (Å²) in [5, 5.41) is 16.5. The monoisotopic (exact) mass is 353 g/mol. The van der Waals surface area contributed by atoms with Crippen LogP contribution < -0.4 is 10.6 Å².